The fourth-order valence-electron chi connectivity index (χ4n) is 1.06. The number of ether oxygens (including phenoxy) is 1. The van der Waals surface area contributed by atoms with Crippen molar-refractivity contribution < 1.29 is 13.5 Å². The fourth-order valence-corrected chi connectivity index (χ4v) is 1.43. The van der Waals surface area contributed by atoms with Crippen molar-refractivity contribution in [3.8, 4) is 5.75 Å². The van der Waals surface area contributed by atoms with Crippen LogP contribution in [-0.2, 0) is 11.1 Å². The van der Waals surface area contributed by atoms with Crippen LogP contribution >= 0.6 is 0 Å². The van der Waals surface area contributed by atoms with Gasteiger partial charge in [-0.15, -0.1) is 0 Å². The van der Waals surface area contributed by atoms with Crippen LogP contribution in [0.25, 0.3) is 0 Å². The molecule has 4 heteroatoms. The normalized spacial score (nSPS) is 12.8. The molecule has 84 valence electrons. The minimum absolute atomic E-state index is 0.395. The molecule has 0 bridgehead atoms. The highest BCUT2D eigenvalue weighted by molar-refractivity contribution is 7.79. The first-order valence-corrected chi connectivity index (χ1v) is 6.04. The van der Waals surface area contributed by atoms with E-state index in [0.29, 0.717) is 17.4 Å². The number of benzene rings is 1. The van der Waals surface area contributed by atoms with Gasteiger partial charge in [-0.2, -0.15) is 0 Å². The second-order valence-electron chi connectivity index (χ2n) is 3.75. The zero-order chi connectivity index (χ0) is 11.3. The van der Waals surface area contributed by atoms with Gasteiger partial charge in [-0.1, -0.05) is 13.8 Å². The van der Waals surface area contributed by atoms with Crippen LogP contribution < -0.4 is 4.74 Å². The Morgan fingerprint density at radius 1 is 1.33 bits per heavy atom. The van der Waals surface area contributed by atoms with Gasteiger partial charge in [-0.3, -0.25) is 0 Å². The summed E-state index contributed by atoms with van der Waals surface area (Å²) in [6.07, 6.45) is 1.01. The summed E-state index contributed by atoms with van der Waals surface area (Å²) in [6, 6.07) is 6.62. The van der Waals surface area contributed by atoms with Crippen LogP contribution in [0.5, 0.6) is 5.75 Å². The van der Waals surface area contributed by atoms with E-state index in [1.165, 1.54) is 0 Å². The molecule has 15 heavy (non-hydrogen) atoms. The summed E-state index contributed by atoms with van der Waals surface area (Å²) in [7, 11) is 0. The van der Waals surface area contributed by atoms with Crippen molar-refractivity contribution in [3.63, 3.8) is 0 Å². The van der Waals surface area contributed by atoms with E-state index in [1.54, 1.807) is 24.3 Å². The highest BCUT2D eigenvalue weighted by atomic mass is 32.2. The first kappa shape index (κ1) is 12.2. The molecule has 1 aromatic carbocycles. The van der Waals surface area contributed by atoms with E-state index in [-0.39, 0.29) is 0 Å². The highest BCUT2D eigenvalue weighted by Gasteiger charge is 2.00. The molecule has 0 saturated carbocycles. The minimum atomic E-state index is -1.91. The van der Waals surface area contributed by atoms with Crippen LogP contribution in [0.1, 0.15) is 20.3 Å². The van der Waals surface area contributed by atoms with Crippen molar-refractivity contribution in [1.82, 2.24) is 0 Å². The second-order valence-corrected chi connectivity index (χ2v) is 4.72. The molecule has 0 amide bonds. The van der Waals surface area contributed by atoms with Gasteiger partial charge in [-0.05, 0) is 36.6 Å². The monoisotopic (exact) mass is 228 g/mol. The molecule has 0 aromatic heterocycles. The van der Waals surface area contributed by atoms with Crippen LogP contribution in [0.3, 0.4) is 0 Å². The van der Waals surface area contributed by atoms with Gasteiger partial charge in [-0.25, -0.2) is 4.21 Å². The molecule has 1 rings (SSSR count). The summed E-state index contributed by atoms with van der Waals surface area (Å²) >= 11 is -1.91. The Morgan fingerprint density at radius 3 is 2.40 bits per heavy atom. The third-order valence-electron chi connectivity index (χ3n) is 1.99. The Hall–Kier alpha value is -0.870. The quantitative estimate of drug-likeness (QED) is 0.788. The van der Waals surface area contributed by atoms with E-state index in [2.05, 4.69) is 13.8 Å². The zero-order valence-corrected chi connectivity index (χ0v) is 9.79. The van der Waals surface area contributed by atoms with Crippen LogP contribution in [0.2, 0.25) is 0 Å². The number of hydrogen-bond acceptors (Lipinski definition) is 2. The lowest BCUT2D eigenvalue weighted by atomic mass is 10.1. The fraction of sp³-hybridized carbons (Fsp3) is 0.455. The zero-order valence-electron chi connectivity index (χ0n) is 8.97. The van der Waals surface area contributed by atoms with Gasteiger partial charge in [0.15, 0.2) is 11.1 Å². The Morgan fingerprint density at radius 2 is 1.93 bits per heavy atom. The van der Waals surface area contributed by atoms with Gasteiger partial charge >= 0.3 is 0 Å². The van der Waals surface area contributed by atoms with E-state index in [1.807, 2.05) is 0 Å². The van der Waals surface area contributed by atoms with Crippen molar-refractivity contribution in [2.75, 3.05) is 6.61 Å². The molecular weight excluding hydrogens is 212 g/mol. The molecule has 0 spiro atoms. The van der Waals surface area contributed by atoms with Crippen molar-refractivity contribution in [1.29, 1.82) is 0 Å². The Bertz CT molecular complexity index is 319. The molecule has 1 aromatic rings. The topological polar surface area (TPSA) is 46.5 Å². The summed E-state index contributed by atoms with van der Waals surface area (Å²) in [4.78, 5) is 0.395. The summed E-state index contributed by atoms with van der Waals surface area (Å²) in [5, 5.41) is 0. The van der Waals surface area contributed by atoms with Crippen LogP contribution in [-0.4, -0.2) is 15.4 Å². The van der Waals surface area contributed by atoms with Crippen LogP contribution in [0.15, 0.2) is 29.2 Å². The van der Waals surface area contributed by atoms with Crippen molar-refractivity contribution in [2.24, 2.45) is 5.92 Å². The van der Waals surface area contributed by atoms with Gasteiger partial charge in [0, 0.05) is 0 Å². The van der Waals surface area contributed by atoms with Gasteiger partial charge < -0.3 is 9.29 Å². The van der Waals surface area contributed by atoms with Gasteiger partial charge in [0.05, 0.1) is 11.5 Å². The van der Waals surface area contributed by atoms with Crippen molar-refractivity contribution in [3.05, 3.63) is 24.3 Å². The van der Waals surface area contributed by atoms with E-state index in [0.717, 1.165) is 12.2 Å². The molecule has 0 saturated heterocycles. The summed E-state index contributed by atoms with van der Waals surface area (Å²) in [6.45, 7) is 4.96. The second kappa shape index (κ2) is 5.88. The summed E-state index contributed by atoms with van der Waals surface area (Å²) in [5.74, 6) is 1.36. The first-order chi connectivity index (χ1) is 7.09. The lowest BCUT2D eigenvalue weighted by Gasteiger charge is -2.07. The summed E-state index contributed by atoms with van der Waals surface area (Å²) < 4.78 is 25.0. The largest absolute Gasteiger partial charge is 0.494 e. The maximum Gasteiger partial charge on any atom is 0.186 e. The standard InChI is InChI=1S/C11H16O3S/c1-9(2)7-8-14-10-3-5-11(6-4-10)15(12)13/h3-6,9H,7-8H2,1-2H3,(H,12,13). The number of hydrogen-bond donors (Lipinski definition) is 1. The van der Waals surface area contributed by atoms with E-state index in [4.69, 9.17) is 9.29 Å². The average Bonchev–Trinajstić information content (AvgIpc) is 2.18. The summed E-state index contributed by atoms with van der Waals surface area (Å²) in [5.41, 5.74) is 0. The molecule has 3 nitrogen and oxygen atoms in total. The third kappa shape index (κ3) is 4.44. The first-order valence-electron chi connectivity index (χ1n) is 4.93. The van der Waals surface area contributed by atoms with Crippen molar-refractivity contribution >= 4 is 11.1 Å². The molecule has 1 N–H and O–H groups in total. The molecule has 0 aliphatic rings. The third-order valence-corrected chi connectivity index (χ3v) is 2.66. The van der Waals surface area contributed by atoms with E-state index in [9.17, 15) is 4.21 Å². The van der Waals surface area contributed by atoms with Crippen LogP contribution in [0.4, 0.5) is 0 Å². The molecule has 1 atom stereocenters. The Kier molecular flexibility index (Phi) is 4.78. The van der Waals surface area contributed by atoms with Crippen molar-refractivity contribution in [2.45, 2.75) is 25.2 Å². The Balaban J connectivity index is 2.46. The molecule has 0 aliphatic heterocycles. The maximum atomic E-state index is 10.7. The lowest BCUT2D eigenvalue weighted by Crippen LogP contribution is -2.01. The van der Waals surface area contributed by atoms with E-state index >= 15 is 0 Å². The minimum Gasteiger partial charge on any atom is -0.494 e. The van der Waals surface area contributed by atoms with Gasteiger partial charge in [0.25, 0.3) is 0 Å². The average molecular weight is 228 g/mol. The SMILES string of the molecule is CC(C)CCOc1ccc(S(=O)O)cc1. The predicted molar refractivity (Wildman–Crippen MR) is 60.4 cm³/mol. The Labute approximate surface area is 92.7 Å². The lowest BCUT2D eigenvalue weighted by molar-refractivity contribution is 0.289. The van der Waals surface area contributed by atoms with Gasteiger partial charge in [0.2, 0.25) is 0 Å². The molecule has 1 unspecified atom stereocenters. The van der Waals surface area contributed by atoms with Gasteiger partial charge in [0.1, 0.15) is 5.75 Å². The molecule has 0 aliphatic carbocycles. The smallest absolute Gasteiger partial charge is 0.186 e. The molecule has 0 fully saturated rings. The number of rotatable bonds is 5. The maximum absolute atomic E-state index is 10.7. The van der Waals surface area contributed by atoms with E-state index < -0.39 is 11.1 Å². The highest BCUT2D eigenvalue weighted by Crippen LogP contribution is 2.14. The molecule has 0 heterocycles. The molecular formula is C11H16O3S. The van der Waals surface area contributed by atoms with Crippen LogP contribution in [0, 0.1) is 5.92 Å². The predicted octanol–water partition coefficient (Wildman–Crippen LogP) is 2.69. The molecule has 0 radical (unpaired) electrons.